The third-order valence-corrected chi connectivity index (χ3v) is 2.52. The second kappa shape index (κ2) is 4.01. The first-order valence-corrected chi connectivity index (χ1v) is 5.05. The molecule has 0 aliphatic carbocycles. The normalized spacial score (nSPS) is 12.0. The Morgan fingerprint density at radius 1 is 1.44 bits per heavy atom. The summed E-state index contributed by atoms with van der Waals surface area (Å²) in [5.41, 5.74) is 0.519. The number of nitrogens with zero attached hydrogens (tertiary/aromatic N) is 2. The molecule has 0 saturated carbocycles. The molecule has 1 N–H and O–H groups in total. The molecule has 1 aromatic heterocycles. The molecule has 4 nitrogen and oxygen atoms in total. The topological polar surface area (TPSA) is 55.1 Å². The van der Waals surface area contributed by atoms with Crippen LogP contribution in [0.15, 0.2) is 18.2 Å². The summed E-state index contributed by atoms with van der Waals surface area (Å²) < 4.78 is 38.2. The van der Waals surface area contributed by atoms with Crippen molar-refractivity contribution in [3.8, 4) is 0 Å². The van der Waals surface area contributed by atoms with Crippen LogP contribution in [0, 0.1) is 6.92 Å². The average molecular weight is 258 g/mol. The lowest BCUT2D eigenvalue weighted by Crippen LogP contribution is -2.18. The van der Waals surface area contributed by atoms with Crippen LogP contribution in [-0.2, 0) is 6.54 Å². The molecule has 0 fully saturated rings. The minimum absolute atomic E-state index is 0.000779. The van der Waals surface area contributed by atoms with Crippen molar-refractivity contribution in [2.75, 3.05) is 0 Å². The highest BCUT2D eigenvalue weighted by Gasteiger charge is 2.29. The van der Waals surface area contributed by atoms with Gasteiger partial charge in [-0.2, -0.15) is 13.2 Å². The molecule has 1 aromatic carbocycles. The van der Waals surface area contributed by atoms with Crippen molar-refractivity contribution >= 4 is 17.0 Å². The van der Waals surface area contributed by atoms with E-state index in [1.807, 2.05) is 0 Å². The Kier molecular flexibility index (Phi) is 2.76. The molecule has 18 heavy (non-hydrogen) atoms. The number of imidazole rings is 1. The van der Waals surface area contributed by atoms with Crippen LogP contribution in [0.2, 0.25) is 0 Å². The van der Waals surface area contributed by atoms with Crippen molar-refractivity contribution in [2.45, 2.75) is 19.6 Å². The van der Waals surface area contributed by atoms with E-state index in [-0.39, 0.29) is 22.4 Å². The van der Waals surface area contributed by atoms with E-state index in [0.29, 0.717) is 0 Å². The zero-order chi connectivity index (χ0) is 13.5. The molecule has 0 aliphatic heterocycles. The van der Waals surface area contributed by atoms with Crippen LogP contribution in [-0.4, -0.2) is 26.8 Å². The van der Waals surface area contributed by atoms with Crippen molar-refractivity contribution in [3.63, 3.8) is 0 Å². The van der Waals surface area contributed by atoms with Gasteiger partial charge < -0.3 is 9.67 Å². The number of carbonyl (C=O) groups is 1. The van der Waals surface area contributed by atoms with Gasteiger partial charge in [0.15, 0.2) is 0 Å². The molecule has 0 unspecified atom stereocenters. The number of hydrogen-bond acceptors (Lipinski definition) is 2. The lowest BCUT2D eigenvalue weighted by molar-refractivity contribution is -0.140. The molecule has 96 valence electrons. The van der Waals surface area contributed by atoms with E-state index >= 15 is 0 Å². The van der Waals surface area contributed by atoms with E-state index in [1.165, 1.54) is 25.1 Å². The average Bonchev–Trinajstić information content (AvgIpc) is 2.52. The molecule has 2 aromatic rings. The standard InChI is InChI=1S/C11H9F3N2O2/c1-6-15-8-4-7(10(17)18)2-3-9(8)16(6)5-11(12,13)14/h2-4H,5H2,1H3,(H,17,18). The Labute approximate surface area is 99.7 Å². The van der Waals surface area contributed by atoms with Crippen molar-refractivity contribution in [2.24, 2.45) is 0 Å². The Morgan fingerprint density at radius 3 is 2.67 bits per heavy atom. The van der Waals surface area contributed by atoms with Gasteiger partial charge in [0.2, 0.25) is 0 Å². The molecule has 0 atom stereocenters. The molecule has 0 aliphatic rings. The van der Waals surface area contributed by atoms with Crippen LogP contribution in [0.1, 0.15) is 16.2 Å². The Bertz CT molecular complexity index is 617. The highest BCUT2D eigenvalue weighted by molar-refractivity contribution is 5.92. The summed E-state index contributed by atoms with van der Waals surface area (Å²) in [6.07, 6.45) is -4.34. The Balaban J connectivity index is 2.55. The molecule has 2 rings (SSSR count). The number of aromatic carboxylic acids is 1. The van der Waals surface area contributed by atoms with Crippen molar-refractivity contribution in [1.82, 2.24) is 9.55 Å². The van der Waals surface area contributed by atoms with Gasteiger partial charge in [0, 0.05) is 0 Å². The van der Waals surface area contributed by atoms with Crippen LogP contribution in [0.4, 0.5) is 13.2 Å². The largest absolute Gasteiger partial charge is 0.478 e. The molecular weight excluding hydrogens is 249 g/mol. The number of alkyl halides is 3. The van der Waals surface area contributed by atoms with Crippen LogP contribution >= 0.6 is 0 Å². The van der Waals surface area contributed by atoms with Crippen LogP contribution in [0.5, 0.6) is 0 Å². The number of fused-ring (bicyclic) bond motifs is 1. The van der Waals surface area contributed by atoms with Gasteiger partial charge in [-0.1, -0.05) is 0 Å². The summed E-state index contributed by atoms with van der Waals surface area (Å²) >= 11 is 0. The van der Waals surface area contributed by atoms with Crippen LogP contribution in [0.3, 0.4) is 0 Å². The van der Waals surface area contributed by atoms with E-state index in [9.17, 15) is 18.0 Å². The molecule has 0 spiro atoms. The number of aromatic nitrogens is 2. The van der Waals surface area contributed by atoms with Gasteiger partial charge in [-0.25, -0.2) is 9.78 Å². The zero-order valence-electron chi connectivity index (χ0n) is 9.32. The van der Waals surface area contributed by atoms with E-state index in [4.69, 9.17) is 5.11 Å². The Morgan fingerprint density at radius 2 is 2.11 bits per heavy atom. The maximum atomic E-state index is 12.4. The van der Waals surface area contributed by atoms with Gasteiger partial charge in [-0.3, -0.25) is 0 Å². The fraction of sp³-hybridized carbons (Fsp3) is 0.273. The molecule has 0 radical (unpaired) electrons. The molecule has 0 bridgehead atoms. The lowest BCUT2D eigenvalue weighted by Gasteiger charge is -2.09. The van der Waals surface area contributed by atoms with Gasteiger partial charge in [0.05, 0.1) is 16.6 Å². The zero-order valence-corrected chi connectivity index (χ0v) is 9.32. The number of hydrogen-bond donors (Lipinski definition) is 1. The quantitative estimate of drug-likeness (QED) is 0.900. The van der Waals surface area contributed by atoms with Crippen molar-refractivity contribution in [3.05, 3.63) is 29.6 Å². The number of carboxylic acid groups (broad SMARTS) is 1. The first kappa shape index (κ1) is 12.4. The molecule has 0 saturated heterocycles. The second-order valence-electron chi connectivity index (χ2n) is 3.87. The summed E-state index contributed by atoms with van der Waals surface area (Å²) in [4.78, 5) is 14.7. The van der Waals surface area contributed by atoms with E-state index in [1.54, 1.807) is 0 Å². The second-order valence-corrected chi connectivity index (χ2v) is 3.87. The minimum Gasteiger partial charge on any atom is -0.478 e. The fourth-order valence-corrected chi connectivity index (χ4v) is 1.76. The number of rotatable bonds is 2. The Hall–Kier alpha value is -2.05. The number of benzene rings is 1. The van der Waals surface area contributed by atoms with Crippen molar-refractivity contribution < 1.29 is 23.1 Å². The summed E-state index contributed by atoms with van der Waals surface area (Å²) in [6.45, 7) is 0.313. The van der Waals surface area contributed by atoms with Gasteiger partial charge in [0.1, 0.15) is 12.4 Å². The highest BCUT2D eigenvalue weighted by atomic mass is 19.4. The maximum absolute atomic E-state index is 12.4. The molecule has 1 heterocycles. The van der Waals surface area contributed by atoms with E-state index in [0.717, 1.165) is 4.57 Å². The third kappa shape index (κ3) is 2.29. The summed E-state index contributed by atoms with van der Waals surface area (Å²) in [7, 11) is 0. The SMILES string of the molecule is Cc1nc2cc(C(=O)O)ccc2n1CC(F)(F)F. The predicted octanol–water partition coefficient (Wildman–Crippen LogP) is 2.61. The van der Waals surface area contributed by atoms with E-state index < -0.39 is 18.7 Å². The van der Waals surface area contributed by atoms with Gasteiger partial charge in [-0.15, -0.1) is 0 Å². The number of halogens is 3. The van der Waals surface area contributed by atoms with Gasteiger partial charge in [-0.05, 0) is 25.1 Å². The molecular formula is C11H9F3N2O2. The summed E-state index contributed by atoms with van der Waals surface area (Å²) in [5.74, 6) is -0.940. The monoisotopic (exact) mass is 258 g/mol. The highest BCUT2D eigenvalue weighted by Crippen LogP contribution is 2.24. The van der Waals surface area contributed by atoms with Gasteiger partial charge >= 0.3 is 12.1 Å². The fourth-order valence-electron chi connectivity index (χ4n) is 1.76. The van der Waals surface area contributed by atoms with Gasteiger partial charge in [0.25, 0.3) is 0 Å². The summed E-state index contributed by atoms with van der Waals surface area (Å²) in [6, 6.07) is 3.86. The van der Waals surface area contributed by atoms with Crippen LogP contribution < -0.4 is 0 Å². The minimum atomic E-state index is -4.34. The van der Waals surface area contributed by atoms with Crippen LogP contribution in [0.25, 0.3) is 11.0 Å². The number of aryl methyl sites for hydroxylation is 1. The first-order valence-electron chi connectivity index (χ1n) is 5.05. The third-order valence-electron chi connectivity index (χ3n) is 2.52. The smallest absolute Gasteiger partial charge is 0.406 e. The number of carboxylic acids is 1. The first-order chi connectivity index (χ1) is 8.28. The molecule has 7 heteroatoms. The van der Waals surface area contributed by atoms with E-state index in [2.05, 4.69) is 4.98 Å². The van der Waals surface area contributed by atoms with Crippen molar-refractivity contribution in [1.29, 1.82) is 0 Å². The maximum Gasteiger partial charge on any atom is 0.406 e. The molecule has 0 amide bonds. The lowest BCUT2D eigenvalue weighted by atomic mass is 10.2. The summed E-state index contributed by atoms with van der Waals surface area (Å²) in [5, 5.41) is 8.79. The predicted molar refractivity (Wildman–Crippen MR) is 57.5 cm³/mol.